The van der Waals surface area contributed by atoms with Crippen LogP contribution in [0.3, 0.4) is 0 Å². The summed E-state index contributed by atoms with van der Waals surface area (Å²) in [4.78, 5) is 26.8. The Balaban J connectivity index is 1.88. The highest BCUT2D eigenvalue weighted by atomic mass is 35.5. The maximum absolute atomic E-state index is 13.2. The first-order valence-electron chi connectivity index (χ1n) is 7.68. The van der Waals surface area contributed by atoms with Crippen LogP contribution >= 0.6 is 11.6 Å². The molecule has 0 unspecified atom stereocenters. The van der Waals surface area contributed by atoms with Gasteiger partial charge in [-0.05, 0) is 36.2 Å². The molecule has 24 heavy (non-hydrogen) atoms. The zero-order valence-electron chi connectivity index (χ0n) is 13.1. The summed E-state index contributed by atoms with van der Waals surface area (Å²) in [7, 11) is 0. The quantitative estimate of drug-likeness (QED) is 0.906. The van der Waals surface area contributed by atoms with Crippen LogP contribution in [0.5, 0.6) is 0 Å². The number of anilines is 1. The first-order valence-corrected chi connectivity index (χ1v) is 8.06. The zero-order chi connectivity index (χ0) is 17.3. The molecule has 1 N–H and O–H groups in total. The molecule has 0 aromatic heterocycles. The molecule has 0 radical (unpaired) electrons. The standard InChI is InChI=1S/C18H16ClFN2O2/c1-2-8-22-10-11-4-3-5-13(16(11)18(22)24)17(23)21-12-6-7-15(20)14(19)9-12/h3-7,9H,2,8,10H2,1H3,(H,21,23). The summed E-state index contributed by atoms with van der Waals surface area (Å²) in [6.07, 6.45) is 0.856. The molecule has 1 aliphatic heterocycles. The number of amides is 2. The van der Waals surface area contributed by atoms with E-state index in [0.29, 0.717) is 29.9 Å². The van der Waals surface area contributed by atoms with Gasteiger partial charge in [0.1, 0.15) is 5.82 Å². The monoisotopic (exact) mass is 346 g/mol. The first-order chi connectivity index (χ1) is 11.5. The van der Waals surface area contributed by atoms with E-state index in [0.717, 1.165) is 12.0 Å². The third-order valence-corrected chi connectivity index (χ3v) is 4.22. The largest absolute Gasteiger partial charge is 0.334 e. The van der Waals surface area contributed by atoms with E-state index in [2.05, 4.69) is 5.32 Å². The molecule has 1 heterocycles. The van der Waals surface area contributed by atoms with Gasteiger partial charge in [0.15, 0.2) is 0 Å². The Morgan fingerprint density at radius 2 is 2.12 bits per heavy atom. The number of carbonyl (C=O) groups excluding carboxylic acids is 2. The average molecular weight is 347 g/mol. The van der Waals surface area contributed by atoms with Gasteiger partial charge in [-0.25, -0.2) is 4.39 Å². The highest BCUT2D eigenvalue weighted by molar-refractivity contribution is 6.31. The third-order valence-electron chi connectivity index (χ3n) is 3.93. The van der Waals surface area contributed by atoms with Crippen molar-refractivity contribution < 1.29 is 14.0 Å². The van der Waals surface area contributed by atoms with Gasteiger partial charge in [0, 0.05) is 18.8 Å². The minimum atomic E-state index is -0.555. The van der Waals surface area contributed by atoms with Crippen LogP contribution in [-0.4, -0.2) is 23.3 Å². The number of fused-ring (bicyclic) bond motifs is 1. The molecule has 2 amide bonds. The van der Waals surface area contributed by atoms with Gasteiger partial charge in [0.05, 0.1) is 16.1 Å². The van der Waals surface area contributed by atoms with Crippen LogP contribution in [0.25, 0.3) is 0 Å². The summed E-state index contributed by atoms with van der Waals surface area (Å²) >= 11 is 5.73. The van der Waals surface area contributed by atoms with E-state index in [-0.39, 0.29) is 10.9 Å². The summed E-state index contributed by atoms with van der Waals surface area (Å²) < 4.78 is 13.2. The van der Waals surface area contributed by atoms with Crippen molar-refractivity contribution in [2.45, 2.75) is 19.9 Å². The molecular weight excluding hydrogens is 331 g/mol. The number of hydrogen-bond donors (Lipinski definition) is 1. The SMILES string of the molecule is CCCN1Cc2cccc(C(=O)Nc3ccc(F)c(Cl)c3)c2C1=O. The van der Waals surface area contributed by atoms with E-state index >= 15 is 0 Å². The van der Waals surface area contributed by atoms with Gasteiger partial charge < -0.3 is 10.2 Å². The van der Waals surface area contributed by atoms with Gasteiger partial charge >= 0.3 is 0 Å². The van der Waals surface area contributed by atoms with Crippen molar-refractivity contribution in [1.29, 1.82) is 0 Å². The van der Waals surface area contributed by atoms with Crippen LogP contribution in [-0.2, 0) is 6.54 Å². The molecule has 0 saturated carbocycles. The number of nitrogens with zero attached hydrogens (tertiary/aromatic N) is 1. The molecule has 3 rings (SSSR count). The predicted molar refractivity (Wildman–Crippen MR) is 90.8 cm³/mol. The van der Waals surface area contributed by atoms with Crippen molar-refractivity contribution in [2.75, 3.05) is 11.9 Å². The summed E-state index contributed by atoms with van der Waals surface area (Å²) in [6.45, 7) is 3.18. The Morgan fingerprint density at radius 1 is 1.33 bits per heavy atom. The number of rotatable bonds is 4. The highest BCUT2D eigenvalue weighted by Gasteiger charge is 2.31. The summed E-state index contributed by atoms with van der Waals surface area (Å²) in [6, 6.07) is 9.17. The summed E-state index contributed by atoms with van der Waals surface area (Å²) in [5, 5.41) is 2.59. The maximum atomic E-state index is 13.2. The first kappa shape index (κ1) is 16.5. The van der Waals surface area contributed by atoms with Crippen LogP contribution in [0, 0.1) is 5.82 Å². The lowest BCUT2D eigenvalue weighted by atomic mass is 10.0. The Bertz CT molecular complexity index is 823. The van der Waals surface area contributed by atoms with E-state index in [4.69, 9.17) is 11.6 Å². The molecule has 124 valence electrons. The van der Waals surface area contributed by atoms with E-state index in [1.54, 1.807) is 17.0 Å². The molecule has 4 nitrogen and oxygen atoms in total. The van der Waals surface area contributed by atoms with Crippen molar-refractivity contribution >= 4 is 29.1 Å². The lowest BCUT2D eigenvalue weighted by molar-refractivity contribution is 0.0774. The average Bonchev–Trinajstić information content (AvgIpc) is 2.88. The number of nitrogens with one attached hydrogen (secondary N) is 1. The second-order valence-electron chi connectivity index (χ2n) is 5.65. The molecule has 0 atom stereocenters. The second-order valence-corrected chi connectivity index (χ2v) is 6.06. The summed E-state index contributed by atoms with van der Waals surface area (Å²) in [5.74, 6) is -1.10. The predicted octanol–water partition coefficient (Wildman–Crippen LogP) is 4.10. The van der Waals surface area contributed by atoms with Crippen LogP contribution in [0.4, 0.5) is 10.1 Å². The number of halogens is 2. The van der Waals surface area contributed by atoms with Crippen LogP contribution in [0.2, 0.25) is 5.02 Å². The lowest BCUT2D eigenvalue weighted by Crippen LogP contribution is -2.26. The summed E-state index contributed by atoms with van der Waals surface area (Å²) in [5.41, 5.74) is 1.98. The van der Waals surface area contributed by atoms with Crippen molar-refractivity contribution in [3.63, 3.8) is 0 Å². The smallest absolute Gasteiger partial charge is 0.256 e. The van der Waals surface area contributed by atoms with Gasteiger partial charge in [-0.1, -0.05) is 30.7 Å². The molecule has 1 aliphatic rings. The van der Waals surface area contributed by atoms with Crippen LogP contribution in [0.15, 0.2) is 36.4 Å². The van der Waals surface area contributed by atoms with E-state index in [1.807, 2.05) is 13.0 Å². The van der Waals surface area contributed by atoms with E-state index in [9.17, 15) is 14.0 Å². The molecule has 0 spiro atoms. The van der Waals surface area contributed by atoms with Crippen molar-refractivity contribution in [3.8, 4) is 0 Å². The molecule has 0 saturated heterocycles. The van der Waals surface area contributed by atoms with Crippen molar-refractivity contribution in [2.24, 2.45) is 0 Å². The number of hydrogen-bond acceptors (Lipinski definition) is 2. The third kappa shape index (κ3) is 2.99. The van der Waals surface area contributed by atoms with Crippen LogP contribution < -0.4 is 5.32 Å². The highest BCUT2D eigenvalue weighted by Crippen LogP contribution is 2.27. The fourth-order valence-corrected chi connectivity index (χ4v) is 3.01. The fraction of sp³-hybridized carbons (Fsp3) is 0.222. The minimum absolute atomic E-state index is 0.0729. The Labute approximate surface area is 144 Å². The fourth-order valence-electron chi connectivity index (χ4n) is 2.83. The molecule has 2 aromatic rings. The Kier molecular flexibility index (Phi) is 4.53. The maximum Gasteiger partial charge on any atom is 0.256 e. The van der Waals surface area contributed by atoms with Crippen molar-refractivity contribution in [1.82, 2.24) is 4.90 Å². The second kappa shape index (κ2) is 6.61. The Hall–Kier alpha value is -2.40. The number of carbonyl (C=O) groups is 2. The molecule has 2 aromatic carbocycles. The topological polar surface area (TPSA) is 49.4 Å². The molecule has 0 aliphatic carbocycles. The van der Waals surface area contributed by atoms with Gasteiger partial charge in [0.25, 0.3) is 11.8 Å². The van der Waals surface area contributed by atoms with Crippen LogP contribution in [0.1, 0.15) is 39.6 Å². The van der Waals surface area contributed by atoms with E-state index < -0.39 is 11.7 Å². The molecule has 0 fully saturated rings. The Morgan fingerprint density at radius 3 is 2.83 bits per heavy atom. The van der Waals surface area contributed by atoms with E-state index in [1.165, 1.54) is 18.2 Å². The molecule has 6 heteroatoms. The molecular formula is C18H16ClFN2O2. The van der Waals surface area contributed by atoms with Gasteiger partial charge in [0.2, 0.25) is 0 Å². The van der Waals surface area contributed by atoms with Crippen molar-refractivity contribution in [3.05, 3.63) is 63.9 Å². The lowest BCUT2D eigenvalue weighted by Gasteiger charge is -2.14. The van der Waals surface area contributed by atoms with Gasteiger partial charge in [-0.3, -0.25) is 9.59 Å². The number of benzene rings is 2. The minimum Gasteiger partial charge on any atom is -0.334 e. The normalized spacial score (nSPS) is 13.1. The van der Waals surface area contributed by atoms with Gasteiger partial charge in [-0.2, -0.15) is 0 Å². The molecule has 0 bridgehead atoms. The zero-order valence-corrected chi connectivity index (χ0v) is 13.9. The van der Waals surface area contributed by atoms with Gasteiger partial charge in [-0.15, -0.1) is 0 Å².